The van der Waals surface area contributed by atoms with E-state index in [1.165, 1.54) is 18.3 Å². The summed E-state index contributed by atoms with van der Waals surface area (Å²) in [5, 5.41) is 0. The highest BCUT2D eigenvalue weighted by molar-refractivity contribution is 5.75. The molecule has 0 bridgehead atoms. The summed E-state index contributed by atoms with van der Waals surface area (Å²) in [6.07, 6.45) is 16.4. The van der Waals surface area contributed by atoms with Crippen molar-refractivity contribution < 1.29 is 18.3 Å². The summed E-state index contributed by atoms with van der Waals surface area (Å²) in [5.74, 6) is -1.26. The molecule has 0 radical (unpaired) electrons. The summed E-state index contributed by atoms with van der Waals surface area (Å²) in [6, 6.07) is 6.97. The van der Waals surface area contributed by atoms with Crippen LogP contribution in [0.2, 0.25) is 0 Å². The summed E-state index contributed by atoms with van der Waals surface area (Å²) >= 11 is 0. The maximum atomic E-state index is 14.2. The molecule has 1 amide bonds. The number of ether oxygens (including phenoxy) is 1. The van der Waals surface area contributed by atoms with Gasteiger partial charge in [0.1, 0.15) is 11.6 Å². The number of terminal acetylenes is 1. The molecule has 2 heterocycles. The molecule has 1 atom stereocenters. The van der Waals surface area contributed by atoms with Crippen LogP contribution in [-0.2, 0) is 4.79 Å². The first-order chi connectivity index (χ1) is 19.6. The van der Waals surface area contributed by atoms with Gasteiger partial charge in [-0.15, -0.1) is 12.8 Å². The number of hydrogen-bond acceptors (Lipinski definition) is 7. The van der Waals surface area contributed by atoms with Crippen molar-refractivity contribution in [2.45, 2.75) is 46.0 Å². The summed E-state index contributed by atoms with van der Waals surface area (Å²) in [4.78, 5) is 24.1. The van der Waals surface area contributed by atoms with Gasteiger partial charge in [-0.3, -0.25) is 9.78 Å². The average Bonchev–Trinajstić information content (AvgIpc) is 2.94. The smallest absolute Gasteiger partial charge is 0.255 e. The fraction of sp³-hybridized carbons (Fsp3) is 0.290. The maximum Gasteiger partial charge on any atom is 0.255 e. The van der Waals surface area contributed by atoms with E-state index >= 15 is 0 Å². The molecule has 216 valence electrons. The Morgan fingerprint density at radius 1 is 1.15 bits per heavy atom. The number of carbonyl (C=O) groups excluding carboxylic acids is 1. The number of rotatable bonds is 7. The van der Waals surface area contributed by atoms with Crippen LogP contribution in [0.1, 0.15) is 57.2 Å². The van der Waals surface area contributed by atoms with Crippen molar-refractivity contribution in [1.82, 2.24) is 15.0 Å². The summed E-state index contributed by atoms with van der Waals surface area (Å²) in [7, 11) is 0. The van der Waals surface area contributed by atoms with Crippen LogP contribution in [0.15, 0.2) is 66.3 Å². The number of hydrogen-bond donors (Lipinski definition) is 3. The number of pyridine rings is 1. The molecule has 0 aliphatic heterocycles. The van der Waals surface area contributed by atoms with E-state index in [1.807, 2.05) is 0 Å². The highest BCUT2D eigenvalue weighted by Crippen LogP contribution is 2.36. The van der Waals surface area contributed by atoms with Crippen molar-refractivity contribution in [3.05, 3.63) is 89.2 Å². The second-order valence-corrected chi connectivity index (χ2v) is 9.82. The third kappa shape index (κ3) is 9.42. The van der Waals surface area contributed by atoms with Crippen molar-refractivity contribution in [1.29, 1.82) is 0 Å². The molecule has 1 unspecified atom stereocenters. The number of primary amides is 1. The molecule has 0 saturated heterocycles. The zero-order chi connectivity index (χ0) is 30.5. The topological polar surface area (TPSA) is 143 Å². The minimum Gasteiger partial charge on any atom is -0.468 e. The lowest BCUT2D eigenvalue weighted by Crippen LogP contribution is -2.20. The van der Waals surface area contributed by atoms with Crippen LogP contribution in [0.3, 0.4) is 0 Å². The molecule has 0 fully saturated rings. The van der Waals surface area contributed by atoms with Crippen molar-refractivity contribution in [3.63, 3.8) is 0 Å². The van der Waals surface area contributed by atoms with Crippen LogP contribution in [0.5, 0.6) is 5.88 Å². The van der Waals surface area contributed by atoms with Gasteiger partial charge in [-0.25, -0.2) is 18.7 Å². The van der Waals surface area contributed by atoms with E-state index in [0.29, 0.717) is 34.6 Å². The number of allylic oxidation sites excluding steroid dienone is 3. The predicted octanol–water partition coefficient (Wildman–Crippen LogP) is 5.07. The number of nitrogens with two attached hydrogens (primary N) is 3. The number of amides is 1. The van der Waals surface area contributed by atoms with Gasteiger partial charge in [-0.1, -0.05) is 26.8 Å². The Morgan fingerprint density at radius 3 is 2.44 bits per heavy atom. The van der Waals surface area contributed by atoms with Gasteiger partial charge in [0.25, 0.3) is 5.91 Å². The van der Waals surface area contributed by atoms with E-state index in [4.69, 9.17) is 26.9 Å². The van der Waals surface area contributed by atoms with Crippen molar-refractivity contribution >= 4 is 11.6 Å². The zero-order valence-electron chi connectivity index (χ0n) is 23.5. The van der Waals surface area contributed by atoms with E-state index in [0.717, 1.165) is 30.9 Å². The summed E-state index contributed by atoms with van der Waals surface area (Å²) in [5.41, 5.74) is 20.5. The van der Waals surface area contributed by atoms with E-state index in [1.54, 1.807) is 24.5 Å². The van der Waals surface area contributed by atoms with Gasteiger partial charge in [-0.05, 0) is 55.0 Å². The van der Waals surface area contributed by atoms with Gasteiger partial charge in [0.15, 0.2) is 6.61 Å². The van der Waals surface area contributed by atoms with E-state index in [9.17, 15) is 13.6 Å². The summed E-state index contributed by atoms with van der Waals surface area (Å²) in [6.45, 7) is 6.21. The molecule has 6 N–H and O–H groups in total. The van der Waals surface area contributed by atoms with E-state index in [2.05, 4.69) is 43.6 Å². The molecule has 2 aromatic heterocycles. The van der Waals surface area contributed by atoms with Crippen LogP contribution in [-0.4, -0.2) is 27.5 Å². The molecule has 3 aromatic rings. The first-order valence-electron chi connectivity index (χ1n) is 13.0. The van der Waals surface area contributed by atoms with Crippen LogP contribution < -0.4 is 21.9 Å². The Bertz CT molecular complexity index is 1400. The zero-order valence-corrected chi connectivity index (χ0v) is 23.5. The Balaban J connectivity index is 0.000000902. The molecular formula is C31H36F2N6O2. The normalized spacial score (nSPS) is 14.8. The van der Waals surface area contributed by atoms with Gasteiger partial charge in [0, 0.05) is 41.3 Å². The Morgan fingerprint density at radius 2 is 1.80 bits per heavy atom. The van der Waals surface area contributed by atoms with Crippen molar-refractivity contribution in [2.75, 3.05) is 6.61 Å². The quantitative estimate of drug-likeness (QED) is 0.341. The Hall–Kier alpha value is -4.78. The van der Waals surface area contributed by atoms with Crippen LogP contribution in [0.4, 0.5) is 8.78 Å². The maximum absolute atomic E-state index is 14.2. The van der Waals surface area contributed by atoms with Gasteiger partial charge >= 0.3 is 0 Å². The molecule has 1 aliphatic rings. The molecule has 10 heteroatoms. The van der Waals surface area contributed by atoms with Crippen molar-refractivity contribution in [3.8, 4) is 30.0 Å². The SMILES string of the molecule is C#C.CC(C)C.NC(=O)COc1cc(-c2cncc(C3CCCC(/C=C(\N)c4c(F)cccc4F)=C3N)n2)ccn1. The molecule has 8 nitrogen and oxygen atoms in total. The number of benzene rings is 1. The molecular weight excluding hydrogens is 526 g/mol. The lowest BCUT2D eigenvalue weighted by molar-refractivity contribution is -0.120. The second-order valence-electron chi connectivity index (χ2n) is 9.82. The number of aromatic nitrogens is 3. The fourth-order valence-corrected chi connectivity index (χ4v) is 4.00. The lowest BCUT2D eigenvalue weighted by atomic mass is 9.84. The van der Waals surface area contributed by atoms with Crippen LogP contribution in [0, 0.1) is 30.4 Å². The van der Waals surface area contributed by atoms with E-state index < -0.39 is 17.5 Å². The third-order valence-electron chi connectivity index (χ3n) is 5.67. The van der Waals surface area contributed by atoms with E-state index in [-0.39, 0.29) is 29.7 Å². The van der Waals surface area contributed by atoms with Crippen molar-refractivity contribution in [2.24, 2.45) is 23.1 Å². The minimum atomic E-state index is -0.736. The highest BCUT2D eigenvalue weighted by Gasteiger charge is 2.24. The first kappa shape index (κ1) is 32.4. The van der Waals surface area contributed by atoms with Gasteiger partial charge in [-0.2, -0.15) is 0 Å². The predicted molar refractivity (Wildman–Crippen MR) is 157 cm³/mol. The Labute approximate surface area is 239 Å². The molecule has 4 rings (SSSR count). The number of carbonyl (C=O) groups is 1. The third-order valence-corrected chi connectivity index (χ3v) is 5.67. The standard InChI is InChI=1S/C25H24F2N6O2.C4H10.C2H2/c26-17-5-2-6-18(27)24(17)19(28)9-15-3-1-4-16(25(15)30)21-12-31-11-20(33-21)14-7-8-32-23(10-14)35-13-22(29)34;1-4(2)3;1-2/h2,5-12,16H,1,3-4,13,28,30H2,(H2,29,34);4H,1-3H3;1-2H/b19-9-;;. The van der Waals surface area contributed by atoms with Gasteiger partial charge < -0.3 is 21.9 Å². The Kier molecular flexibility index (Phi) is 12.4. The largest absolute Gasteiger partial charge is 0.468 e. The second kappa shape index (κ2) is 15.7. The molecule has 0 spiro atoms. The van der Waals surface area contributed by atoms with Gasteiger partial charge in [0.2, 0.25) is 5.88 Å². The highest BCUT2D eigenvalue weighted by atomic mass is 19.1. The lowest BCUT2D eigenvalue weighted by Gasteiger charge is -2.25. The number of halogens is 2. The molecule has 0 saturated carbocycles. The monoisotopic (exact) mass is 562 g/mol. The summed E-state index contributed by atoms with van der Waals surface area (Å²) < 4.78 is 33.6. The van der Waals surface area contributed by atoms with Crippen LogP contribution >= 0.6 is 0 Å². The molecule has 1 aliphatic carbocycles. The number of nitrogens with zero attached hydrogens (tertiary/aromatic N) is 3. The van der Waals surface area contributed by atoms with Gasteiger partial charge in [0.05, 0.1) is 23.1 Å². The molecule has 1 aromatic carbocycles. The first-order valence-corrected chi connectivity index (χ1v) is 13.0. The van der Waals surface area contributed by atoms with Crippen LogP contribution in [0.25, 0.3) is 17.0 Å². The minimum absolute atomic E-state index is 0.0284. The average molecular weight is 563 g/mol. The molecule has 41 heavy (non-hydrogen) atoms. The fourth-order valence-electron chi connectivity index (χ4n) is 4.00.